The van der Waals surface area contributed by atoms with Crippen molar-refractivity contribution in [2.75, 3.05) is 12.8 Å². The van der Waals surface area contributed by atoms with Crippen molar-refractivity contribution in [2.24, 2.45) is 0 Å². The van der Waals surface area contributed by atoms with Crippen LogP contribution < -0.4 is 5.32 Å². The first-order valence-corrected chi connectivity index (χ1v) is 7.20. The molecule has 1 aliphatic heterocycles. The van der Waals surface area contributed by atoms with Gasteiger partial charge in [0.2, 0.25) is 0 Å². The Bertz CT molecular complexity index is 255. The Hall–Kier alpha value is -0.640. The van der Waals surface area contributed by atoms with Gasteiger partial charge in [0, 0.05) is 18.6 Å². The number of carbonyl (C=O) groups is 1. The third-order valence-electron chi connectivity index (χ3n) is 2.92. The van der Waals surface area contributed by atoms with E-state index in [9.17, 15) is 4.79 Å². The summed E-state index contributed by atoms with van der Waals surface area (Å²) in [5, 5.41) is 5.01. The molecule has 92 valence electrons. The maximum Gasteiger partial charge on any atom is 0.318 e. The normalized spacial score (nSPS) is 23.4. The van der Waals surface area contributed by atoms with Crippen LogP contribution in [0.5, 0.6) is 0 Å². The predicted octanol–water partition coefficient (Wildman–Crippen LogP) is 2.84. The lowest BCUT2D eigenvalue weighted by atomic mass is 10.0. The molecule has 1 heterocycles. The van der Waals surface area contributed by atoms with E-state index in [2.05, 4.69) is 12.2 Å². The van der Waals surface area contributed by atoms with E-state index in [4.69, 9.17) is 0 Å². The first-order chi connectivity index (χ1) is 7.65. The average Bonchev–Trinajstić information content (AvgIpc) is 2.26. The number of amides is 2. The van der Waals surface area contributed by atoms with Gasteiger partial charge in [-0.25, -0.2) is 4.79 Å². The Kier molecular flexibility index (Phi) is 5.74. The number of nitrogens with one attached hydrogen (secondary N) is 1. The number of thioether (sulfide) groups is 1. The standard InChI is InChI=1S/C12H22N2OS/c1-10(7-9-16-3)13-12(15)14-8-5-4-6-11(14)2/h7,9-11H,4-6,8H2,1-3H3,(H,13,15)/b9-7+. The van der Waals surface area contributed by atoms with E-state index in [0.717, 1.165) is 19.4 Å². The number of rotatable bonds is 3. The van der Waals surface area contributed by atoms with E-state index in [0.29, 0.717) is 6.04 Å². The molecule has 0 bridgehead atoms. The van der Waals surface area contributed by atoms with E-state index in [1.165, 1.54) is 6.42 Å². The highest BCUT2D eigenvalue weighted by atomic mass is 32.2. The maximum absolute atomic E-state index is 12.0. The van der Waals surface area contributed by atoms with Crippen molar-refractivity contribution in [1.82, 2.24) is 10.2 Å². The van der Waals surface area contributed by atoms with Crippen LogP contribution in [-0.4, -0.2) is 35.8 Å². The Balaban J connectivity index is 2.41. The van der Waals surface area contributed by atoms with Gasteiger partial charge in [-0.1, -0.05) is 6.08 Å². The summed E-state index contributed by atoms with van der Waals surface area (Å²) in [5.74, 6) is 0. The summed E-state index contributed by atoms with van der Waals surface area (Å²) in [6.07, 6.45) is 7.52. The highest BCUT2D eigenvalue weighted by Crippen LogP contribution is 2.16. The third-order valence-corrected chi connectivity index (χ3v) is 3.35. The van der Waals surface area contributed by atoms with Gasteiger partial charge in [-0.3, -0.25) is 0 Å². The fraction of sp³-hybridized carbons (Fsp3) is 0.750. The van der Waals surface area contributed by atoms with Gasteiger partial charge in [-0.05, 0) is 44.8 Å². The lowest BCUT2D eigenvalue weighted by Crippen LogP contribution is -2.49. The quantitative estimate of drug-likeness (QED) is 0.825. The molecule has 1 saturated heterocycles. The van der Waals surface area contributed by atoms with E-state index >= 15 is 0 Å². The Labute approximate surface area is 103 Å². The fourth-order valence-corrected chi connectivity index (χ4v) is 2.31. The Morgan fingerprint density at radius 2 is 2.31 bits per heavy atom. The zero-order valence-electron chi connectivity index (χ0n) is 10.4. The summed E-state index contributed by atoms with van der Waals surface area (Å²) in [6, 6.07) is 0.560. The molecule has 1 aliphatic rings. The lowest BCUT2D eigenvalue weighted by molar-refractivity contribution is 0.157. The molecule has 4 heteroatoms. The fourth-order valence-electron chi connectivity index (χ4n) is 1.92. The summed E-state index contributed by atoms with van der Waals surface area (Å²) in [7, 11) is 0. The topological polar surface area (TPSA) is 32.3 Å². The van der Waals surface area contributed by atoms with Gasteiger partial charge in [0.25, 0.3) is 0 Å². The molecule has 0 saturated carbocycles. The minimum absolute atomic E-state index is 0.0745. The zero-order valence-corrected chi connectivity index (χ0v) is 11.2. The number of hydrogen-bond acceptors (Lipinski definition) is 2. The molecule has 3 nitrogen and oxygen atoms in total. The molecular formula is C12H22N2OS. The highest BCUT2D eigenvalue weighted by Gasteiger charge is 2.23. The lowest BCUT2D eigenvalue weighted by Gasteiger charge is -2.34. The van der Waals surface area contributed by atoms with Crippen molar-refractivity contribution in [2.45, 2.75) is 45.2 Å². The third kappa shape index (κ3) is 4.08. The highest BCUT2D eigenvalue weighted by molar-refractivity contribution is 8.01. The number of hydrogen-bond donors (Lipinski definition) is 1. The van der Waals surface area contributed by atoms with Crippen LogP contribution in [0.1, 0.15) is 33.1 Å². The summed E-state index contributed by atoms with van der Waals surface area (Å²) < 4.78 is 0. The maximum atomic E-state index is 12.0. The molecule has 0 radical (unpaired) electrons. The van der Waals surface area contributed by atoms with Crippen molar-refractivity contribution in [3.63, 3.8) is 0 Å². The molecule has 1 rings (SSSR count). The van der Waals surface area contributed by atoms with Crippen molar-refractivity contribution in [1.29, 1.82) is 0 Å². The van der Waals surface area contributed by atoms with Crippen LogP contribution in [0.3, 0.4) is 0 Å². The van der Waals surface area contributed by atoms with Crippen LogP contribution in [0.25, 0.3) is 0 Å². The SMILES string of the molecule is CS/C=C/C(C)NC(=O)N1CCCCC1C. The molecule has 0 spiro atoms. The van der Waals surface area contributed by atoms with Gasteiger partial charge in [0.05, 0.1) is 0 Å². The second-order valence-electron chi connectivity index (χ2n) is 4.34. The van der Waals surface area contributed by atoms with Gasteiger partial charge >= 0.3 is 6.03 Å². The number of likely N-dealkylation sites (tertiary alicyclic amines) is 1. The second-order valence-corrected chi connectivity index (χ2v) is 5.08. The minimum Gasteiger partial charge on any atom is -0.332 e. The molecule has 0 aromatic rings. The van der Waals surface area contributed by atoms with Crippen LogP contribution in [0.15, 0.2) is 11.5 Å². The number of piperidine rings is 1. The van der Waals surface area contributed by atoms with E-state index in [1.54, 1.807) is 11.8 Å². The molecular weight excluding hydrogens is 220 g/mol. The number of carbonyl (C=O) groups excluding carboxylic acids is 1. The Morgan fingerprint density at radius 1 is 1.56 bits per heavy atom. The first kappa shape index (κ1) is 13.4. The summed E-state index contributed by atoms with van der Waals surface area (Å²) in [6.45, 7) is 5.02. The molecule has 0 aliphatic carbocycles. The van der Waals surface area contributed by atoms with Crippen molar-refractivity contribution < 1.29 is 4.79 Å². The number of nitrogens with zero attached hydrogens (tertiary/aromatic N) is 1. The van der Waals surface area contributed by atoms with Crippen molar-refractivity contribution in [3.05, 3.63) is 11.5 Å². The molecule has 1 N–H and O–H groups in total. The van der Waals surface area contributed by atoms with Gasteiger partial charge < -0.3 is 10.2 Å². The predicted molar refractivity (Wildman–Crippen MR) is 70.7 cm³/mol. The smallest absolute Gasteiger partial charge is 0.318 e. The van der Waals surface area contributed by atoms with E-state index in [-0.39, 0.29) is 12.1 Å². The minimum atomic E-state index is 0.0745. The molecule has 2 atom stereocenters. The van der Waals surface area contributed by atoms with Crippen LogP contribution in [0, 0.1) is 0 Å². The van der Waals surface area contributed by atoms with Gasteiger partial charge in [0.15, 0.2) is 0 Å². The largest absolute Gasteiger partial charge is 0.332 e. The number of urea groups is 1. The zero-order chi connectivity index (χ0) is 12.0. The van der Waals surface area contributed by atoms with E-state index in [1.807, 2.05) is 29.6 Å². The molecule has 0 aromatic carbocycles. The monoisotopic (exact) mass is 242 g/mol. The van der Waals surface area contributed by atoms with E-state index < -0.39 is 0 Å². The van der Waals surface area contributed by atoms with Crippen LogP contribution in [0.2, 0.25) is 0 Å². The molecule has 0 aromatic heterocycles. The van der Waals surface area contributed by atoms with Gasteiger partial charge in [-0.2, -0.15) is 0 Å². The molecule has 2 amide bonds. The average molecular weight is 242 g/mol. The summed E-state index contributed by atoms with van der Waals surface area (Å²) >= 11 is 1.65. The molecule has 2 unspecified atom stereocenters. The van der Waals surface area contributed by atoms with Gasteiger partial charge in [0.1, 0.15) is 0 Å². The van der Waals surface area contributed by atoms with Crippen molar-refractivity contribution in [3.8, 4) is 0 Å². The molecule has 1 fully saturated rings. The Morgan fingerprint density at radius 3 is 2.94 bits per heavy atom. The summed E-state index contributed by atoms with van der Waals surface area (Å²) in [5.41, 5.74) is 0. The van der Waals surface area contributed by atoms with Gasteiger partial charge in [-0.15, -0.1) is 11.8 Å². The van der Waals surface area contributed by atoms with Crippen LogP contribution in [0.4, 0.5) is 4.79 Å². The second kappa shape index (κ2) is 6.84. The van der Waals surface area contributed by atoms with Crippen LogP contribution in [-0.2, 0) is 0 Å². The summed E-state index contributed by atoms with van der Waals surface area (Å²) in [4.78, 5) is 13.9. The first-order valence-electron chi connectivity index (χ1n) is 5.91. The van der Waals surface area contributed by atoms with Crippen LogP contribution >= 0.6 is 11.8 Å². The van der Waals surface area contributed by atoms with Crippen molar-refractivity contribution >= 4 is 17.8 Å². The molecule has 16 heavy (non-hydrogen) atoms.